The number of aliphatic hydroxyl groups is 2. The fourth-order valence-corrected chi connectivity index (χ4v) is 5.13. The molecule has 0 spiro atoms. The Kier molecular flexibility index (Phi) is 8.83. The number of aliphatic hydroxyl groups excluding tert-OH is 2. The monoisotopic (exact) mass is 440 g/mol. The number of benzene rings is 1. The van der Waals surface area contributed by atoms with E-state index in [9.17, 15) is 19.8 Å². The first kappa shape index (κ1) is 24.4. The van der Waals surface area contributed by atoms with Crippen molar-refractivity contribution < 1.29 is 24.9 Å². The highest BCUT2D eigenvalue weighted by Gasteiger charge is 2.43. The van der Waals surface area contributed by atoms with E-state index in [2.05, 4.69) is 12.1 Å². The highest BCUT2D eigenvalue weighted by Crippen LogP contribution is 2.47. The number of carboxylic acids is 1. The van der Waals surface area contributed by atoms with Crippen LogP contribution in [0, 0.1) is 17.3 Å². The summed E-state index contributed by atoms with van der Waals surface area (Å²) in [7, 11) is 0. The summed E-state index contributed by atoms with van der Waals surface area (Å²) in [5, 5.41) is 30.0. The standard InChI is InChI=1S/C27H36O5/c28-23-18-24(29)22(21(23)12-6-1-2-7-15-26(31)32)13-8-14-25(30)27(16-9-17-27)19-20-10-4-3-5-11-20/h1,3-6,8,10-11,13,21-22,24-25,29-30H,2,7,9,12,14-19H2,(H,31,32)/t21-,22-,24-,25?/m1/s1. The highest BCUT2D eigenvalue weighted by molar-refractivity contribution is 5.84. The third kappa shape index (κ3) is 6.39. The number of carboxylic acid groups (broad SMARTS) is 1. The second-order valence-electron chi connectivity index (χ2n) is 9.47. The van der Waals surface area contributed by atoms with E-state index in [-0.39, 0.29) is 35.9 Å². The molecule has 2 saturated carbocycles. The minimum Gasteiger partial charge on any atom is -0.481 e. The number of carbonyl (C=O) groups is 2. The lowest BCUT2D eigenvalue weighted by atomic mass is 9.61. The zero-order chi connectivity index (χ0) is 23.0. The molecule has 2 aliphatic rings. The van der Waals surface area contributed by atoms with Crippen LogP contribution in [0.15, 0.2) is 54.6 Å². The second-order valence-corrected chi connectivity index (χ2v) is 9.47. The van der Waals surface area contributed by atoms with Gasteiger partial charge in [-0.3, -0.25) is 9.59 Å². The topological polar surface area (TPSA) is 94.8 Å². The van der Waals surface area contributed by atoms with E-state index in [4.69, 9.17) is 5.11 Å². The summed E-state index contributed by atoms with van der Waals surface area (Å²) in [6.45, 7) is 0. The van der Waals surface area contributed by atoms with Crippen LogP contribution in [0.3, 0.4) is 0 Å². The van der Waals surface area contributed by atoms with Gasteiger partial charge in [0.15, 0.2) is 0 Å². The molecule has 3 rings (SSSR count). The maximum absolute atomic E-state index is 12.4. The minimum atomic E-state index is -0.799. The first-order valence-electron chi connectivity index (χ1n) is 11.9. The van der Waals surface area contributed by atoms with Crippen LogP contribution >= 0.6 is 0 Å². The number of rotatable bonds is 12. The van der Waals surface area contributed by atoms with Crippen molar-refractivity contribution in [1.82, 2.24) is 0 Å². The number of hydrogen-bond acceptors (Lipinski definition) is 4. The Hall–Kier alpha value is -2.24. The Morgan fingerprint density at radius 1 is 1.16 bits per heavy atom. The molecule has 0 bridgehead atoms. The van der Waals surface area contributed by atoms with Gasteiger partial charge >= 0.3 is 5.97 Å². The van der Waals surface area contributed by atoms with Gasteiger partial charge in [-0.05, 0) is 50.5 Å². The Morgan fingerprint density at radius 3 is 2.56 bits per heavy atom. The third-order valence-corrected chi connectivity index (χ3v) is 7.22. The average Bonchev–Trinajstić information content (AvgIpc) is 3.00. The lowest BCUT2D eigenvalue weighted by Gasteiger charge is -2.45. The molecule has 0 aromatic heterocycles. The molecule has 0 saturated heterocycles. The maximum atomic E-state index is 12.4. The summed E-state index contributed by atoms with van der Waals surface area (Å²) in [4.78, 5) is 22.9. The van der Waals surface area contributed by atoms with Gasteiger partial charge in [0.1, 0.15) is 5.78 Å². The van der Waals surface area contributed by atoms with Gasteiger partial charge < -0.3 is 15.3 Å². The summed E-state index contributed by atoms with van der Waals surface area (Å²) >= 11 is 0. The summed E-state index contributed by atoms with van der Waals surface area (Å²) in [6, 6.07) is 10.3. The molecule has 2 fully saturated rings. The molecule has 1 aromatic rings. The van der Waals surface area contributed by atoms with Gasteiger partial charge in [-0.2, -0.15) is 0 Å². The molecule has 2 aliphatic carbocycles. The van der Waals surface area contributed by atoms with Crippen molar-refractivity contribution in [3.8, 4) is 0 Å². The Bertz CT molecular complexity index is 809. The predicted molar refractivity (Wildman–Crippen MR) is 124 cm³/mol. The SMILES string of the molecule is O=C(O)CCCC=CC[C@H]1C(=O)C[C@@H](O)[C@@H]1C=CCC(O)C1(Cc2ccccc2)CCC1. The van der Waals surface area contributed by atoms with Crippen molar-refractivity contribution >= 4 is 11.8 Å². The zero-order valence-electron chi connectivity index (χ0n) is 18.7. The van der Waals surface area contributed by atoms with Crippen LogP contribution < -0.4 is 0 Å². The van der Waals surface area contributed by atoms with Gasteiger partial charge in [-0.25, -0.2) is 0 Å². The highest BCUT2D eigenvalue weighted by atomic mass is 16.4. The molecule has 4 atom stereocenters. The van der Waals surface area contributed by atoms with Crippen LogP contribution in [0.25, 0.3) is 0 Å². The molecule has 1 unspecified atom stereocenters. The smallest absolute Gasteiger partial charge is 0.303 e. The van der Waals surface area contributed by atoms with E-state index in [1.54, 1.807) is 0 Å². The molecule has 1 aromatic carbocycles. The van der Waals surface area contributed by atoms with Gasteiger partial charge in [0.25, 0.3) is 0 Å². The molecule has 0 radical (unpaired) electrons. The van der Waals surface area contributed by atoms with E-state index >= 15 is 0 Å². The fraction of sp³-hybridized carbons (Fsp3) is 0.556. The second kappa shape index (κ2) is 11.6. The van der Waals surface area contributed by atoms with Crippen LogP contribution in [-0.2, 0) is 16.0 Å². The molecule has 3 N–H and O–H groups in total. The quantitative estimate of drug-likeness (QED) is 0.329. The van der Waals surface area contributed by atoms with Gasteiger partial charge in [0.05, 0.1) is 12.2 Å². The van der Waals surface area contributed by atoms with Crippen LogP contribution in [0.1, 0.15) is 63.4 Å². The molecule has 32 heavy (non-hydrogen) atoms. The number of unbranched alkanes of at least 4 members (excludes halogenated alkanes) is 1. The van der Waals surface area contributed by atoms with Gasteiger partial charge in [0, 0.05) is 30.1 Å². The number of carbonyl (C=O) groups excluding carboxylic acids is 1. The van der Waals surface area contributed by atoms with Crippen molar-refractivity contribution in [1.29, 1.82) is 0 Å². The van der Waals surface area contributed by atoms with E-state index < -0.39 is 18.2 Å². The van der Waals surface area contributed by atoms with Crippen molar-refractivity contribution in [3.63, 3.8) is 0 Å². The number of hydrogen-bond donors (Lipinski definition) is 3. The molecule has 0 heterocycles. The summed E-state index contributed by atoms with van der Waals surface area (Å²) in [6.07, 6.45) is 13.3. The van der Waals surface area contributed by atoms with E-state index in [0.717, 1.165) is 25.7 Å². The predicted octanol–water partition coefficient (Wildman–Crippen LogP) is 4.47. The van der Waals surface area contributed by atoms with Gasteiger partial charge in [-0.1, -0.05) is 61.1 Å². The summed E-state index contributed by atoms with van der Waals surface area (Å²) < 4.78 is 0. The molecular formula is C27H36O5. The number of ketones is 1. The lowest BCUT2D eigenvalue weighted by Crippen LogP contribution is -2.43. The van der Waals surface area contributed by atoms with Crippen molar-refractivity contribution in [2.75, 3.05) is 0 Å². The van der Waals surface area contributed by atoms with Crippen LogP contribution in [0.4, 0.5) is 0 Å². The lowest BCUT2D eigenvalue weighted by molar-refractivity contribution is -0.137. The van der Waals surface area contributed by atoms with E-state index in [0.29, 0.717) is 25.7 Å². The van der Waals surface area contributed by atoms with Crippen molar-refractivity contribution in [3.05, 3.63) is 60.2 Å². The molecule has 174 valence electrons. The normalized spacial score (nSPS) is 25.9. The van der Waals surface area contributed by atoms with Crippen LogP contribution in [0.2, 0.25) is 0 Å². The zero-order valence-corrected chi connectivity index (χ0v) is 18.7. The number of aliphatic carboxylic acids is 1. The Labute approximate surface area is 190 Å². The Morgan fingerprint density at radius 2 is 1.91 bits per heavy atom. The molecule has 5 heteroatoms. The fourth-order valence-electron chi connectivity index (χ4n) is 5.13. The summed E-state index contributed by atoms with van der Waals surface area (Å²) in [5.74, 6) is -1.21. The largest absolute Gasteiger partial charge is 0.481 e. The number of allylic oxidation sites excluding steroid dienone is 2. The first-order valence-corrected chi connectivity index (χ1v) is 11.9. The first-order chi connectivity index (χ1) is 15.4. The number of Topliss-reactive ketones (excluding diaryl/α,β-unsaturated/α-hetero) is 1. The van der Waals surface area contributed by atoms with Gasteiger partial charge in [-0.15, -0.1) is 0 Å². The summed E-state index contributed by atoms with van der Waals surface area (Å²) in [5.41, 5.74) is 1.18. The molecule has 0 amide bonds. The molecular weight excluding hydrogens is 404 g/mol. The minimum absolute atomic E-state index is 0.0717. The average molecular weight is 441 g/mol. The van der Waals surface area contributed by atoms with Crippen molar-refractivity contribution in [2.24, 2.45) is 17.3 Å². The molecule has 0 aliphatic heterocycles. The maximum Gasteiger partial charge on any atom is 0.303 e. The van der Waals surface area contributed by atoms with Crippen LogP contribution in [0.5, 0.6) is 0 Å². The Balaban J connectivity index is 1.53. The van der Waals surface area contributed by atoms with E-state index in [1.807, 2.05) is 42.5 Å². The third-order valence-electron chi connectivity index (χ3n) is 7.22. The van der Waals surface area contributed by atoms with Crippen LogP contribution in [-0.4, -0.2) is 39.3 Å². The van der Waals surface area contributed by atoms with Gasteiger partial charge in [0.2, 0.25) is 0 Å². The van der Waals surface area contributed by atoms with Crippen molar-refractivity contribution in [2.45, 2.75) is 76.4 Å². The van der Waals surface area contributed by atoms with E-state index in [1.165, 1.54) is 5.56 Å². The molecule has 5 nitrogen and oxygen atoms in total.